The first-order chi connectivity index (χ1) is 21.0. The van der Waals surface area contributed by atoms with Crippen LogP contribution >= 0.6 is 11.6 Å². The van der Waals surface area contributed by atoms with Crippen LogP contribution in [0, 0.1) is 11.8 Å². The van der Waals surface area contributed by atoms with E-state index in [9.17, 15) is 32.5 Å². The van der Waals surface area contributed by atoms with Gasteiger partial charge in [-0.25, -0.2) is 4.79 Å². The lowest BCUT2D eigenvalue weighted by Crippen LogP contribution is -2.55. The van der Waals surface area contributed by atoms with Crippen LogP contribution in [0.1, 0.15) is 68.6 Å². The second-order valence-electron chi connectivity index (χ2n) is 11.6. The molecule has 11 nitrogen and oxygen atoms in total. The summed E-state index contributed by atoms with van der Waals surface area (Å²) < 4.78 is 39.2. The van der Waals surface area contributed by atoms with Crippen molar-refractivity contribution in [2.75, 3.05) is 6.54 Å². The first kappa shape index (κ1) is 33.7. The molecule has 44 heavy (non-hydrogen) atoms. The standard InChI is InChI=1S/C31H40ClN3O8S/c32-24-13-7-10-21(16-24)18-27(22-11-5-2-6-12-22)43-31(39)35-25(17-20-8-3-1-4-9-20)29(37)34-26(30(38)44(40,41)42)19-23-14-15-33-28(23)36/h2,5-7,10-13,16,20,23,25-27,30,38H,1,3-4,8-9,14-15,17-19H2,(H,33,36)(H,34,37)(H,35,39)(H,40,41,42). The van der Waals surface area contributed by atoms with Gasteiger partial charge in [-0.15, -0.1) is 0 Å². The molecule has 0 radical (unpaired) electrons. The summed E-state index contributed by atoms with van der Waals surface area (Å²) in [6, 6.07) is 13.7. The van der Waals surface area contributed by atoms with Gasteiger partial charge in [0.15, 0.2) is 0 Å². The lowest BCUT2D eigenvalue weighted by molar-refractivity contribution is -0.126. The summed E-state index contributed by atoms with van der Waals surface area (Å²) in [7, 11) is -4.97. The highest BCUT2D eigenvalue weighted by molar-refractivity contribution is 7.86. The van der Waals surface area contributed by atoms with Crippen LogP contribution in [0.25, 0.3) is 0 Å². The molecule has 13 heteroatoms. The highest BCUT2D eigenvalue weighted by Crippen LogP contribution is 2.29. The summed E-state index contributed by atoms with van der Waals surface area (Å²) in [5.41, 5.74) is -0.780. The summed E-state index contributed by atoms with van der Waals surface area (Å²) in [6.07, 6.45) is 3.98. The SMILES string of the molecule is O=C(NC(CC1CCCCC1)C(=O)NC(CC1CCNC1=O)C(O)S(=O)(=O)O)OC(Cc1cccc(Cl)c1)c1ccccc1. The van der Waals surface area contributed by atoms with Crippen molar-refractivity contribution in [1.29, 1.82) is 0 Å². The largest absolute Gasteiger partial charge is 0.441 e. The number of hydrogen-bond donors (Lipinski definition) is 5. The molecule has 5 atom stereocenters. The number of ether oxygens (including phenoxy) is 1. The van der Waals surface area contributed by atoms with Crippen molar-refractivity contribution in [2.24, 2.45) is 11.8 Å². The van der Waals surface area contributed by atoms with Crippen molar-refractivity contribution in [2.45, 2.75) is 81.4 Å². The molecular weight excluding hydrogens is 610 g/mol. The van der Waals surface area contributed by atoms with Crippen LogP contribution < -0.4 is 16.0 Å². The Morgan fingerprint density at radius 1 is 1.00 bits per heavy atom. The number of rotatable bonds is 13. The second-order valence-corrected chi connectivity index (χ2v) is 13.6. The van der Waals surface area contributed by atoms with Crippen molar-refractivity contribution in [3.8, 4) is 0 Å². The second kappa shape index (κ2) is 15.7. The molecule has 5 N–H and O–H groups in total. The Balaban J connectivity index is 1.52. The highest BCUT2D eigenvalue weighted by Gasteiger charge is 2.38. The predicted molar refractivity (Wildman–Crippen MR) is 164 cm³/mol. The summed E-state index contributed by atoms with van der Waals surface area (Å²) in [5, 5.41) is 18.8. The summed E-state index contributed by atoms with van der Waals surface area (Å²) >= 11 is 6.17. The fourth-order valence-electron chi connectivity index (χ4n) is 5.98. The molecule has 0 bridgehead atoms. The van der Waals surface area contributed by atoms with Gasteiger partial charge in [-0.05, 0) is 48.4 Å². The van der Waals surface area contributed by atoms with Gasteiger partial charge < -0.3 is 25.8 Å². The fraction of sp³-hybridized carbons (Fsp3) is 0.516. The van der Waals surface area contributed by atoms with Crippen LogP contribution in [0.15, 0.2) is 54.6 Å². The molecule has 0 spiro atoms. The minimum Gasteiger partial charge on any atom is -0.441 e. The Morgan fingerprint density at radius 2 is 1.73 bits per heavy atom. The molecule has 4 rings (SSSR count). The normalized spacial score (nSPS) is 20.2. The molecule has 0 aromatic heterocycles. The molecule has 1 aliphatic heterocycles. The average molecular weight is 650 g/mol. The highest BCUT2D eigenvalue weighted by atomic mass is 35.5. The number of aliphatic hydroxyl groups is 1. The molecule has 3 amide bonds. The Bertz CT molecular complexity index is 1390. The number of halogens is 1. The smallest absolute Gasteiger partial charge is 0.408 e. The number of carbonyl (C=O) groups is 3. The van der Waals surface area contributed by atoms with E-state index in [0.29, 0.717) is 24.4 Å². The van der Waals surface area contributed by atoms with E-state index in [0.717, 1.165) is 43.2 Å². The lowest BCUT2D eigenvalue weighted by atomic mass is 9.84. The zero-order valence-electron chi connectivity index (χ0n) is 24.4. The molecule has 1 heterocycles. The van der Waals surface area contributed by atoms with Gasteiger partial charge in [-0.1, -0.05) is 86.2 Å². The van der Waals surface area contributed by atoms with E-state index in [1.807, 2.05) is 36.4 Å². The molecule has 2 aliphatic rings. The van der Waals surface area contributed by atoms with E-state index >= 15 is 0 Å². The average Bonchev–Trinajstić information content (AvgIpc) is 3.40. The first-order valence-electron chi connectivity index (χ1n) is 15.0. The van der Waals surface area contributed by atoms with Crippen LogP contribution in [0.2, 0.25) is 5.02 Å². The van der Waals surface area contributed by atoms with E-state index in [2.05, 4.69) is 16.0 Å². The molecule has 2 aromatic carbocycles. The van der Waals surface area contributed by atoms with Crippen molar-refractivity contribution in [1.82, 2.24) is 16.0 Å². The van der Waals surface area contributed by atoms with Crippen molar-refractivity contribution in [3.63, 3.8) is 0 Å². The minimum absolute atomic E-state index is 0.127. The maximum Gasteiger partial charge on any atom is 0.408 e. The first-order valence-corrected chi connectivity index (χ1v) is 16.9. The van der Waals surface area contributed by atoms with Gasteiger partial charge in [0.1, 0.15) is 12.1 Å². The maximum atomic E-state index is 13.6. The number of aliphatic hydroxyl groups excluding tert-OH is 1. The molecule has 1 saturated carbocycles. The van der Waals surface area contributed by atoms with Gasteiger partial charge >= 0.3 is 6.09 Å². The summed E-state index contributed by atoms with van der Waals surface area (Å²) in [4.78, 5) is 39.2. The van der Waals surface area contributed by atoms with Gasteiger partial charge in [-0.3, -0.25) is 14.1 Å². The quantitative estimate of drug-likeness (QED) is 0.203. The van der Waals surface area contributed by atoms with Gasteiger partial charge in [0.25, 0.3) is 10.1 Å². The minimum atomic E-state index is -4.97. The Kier molecular flexibility index (Phi) is 12.0. The van der Waals surface area contributed by atoms with Gasteiger partial charge in [0, 0.05) is 23.9 Å². The molecule has 2 fully saturated rings. The summed E-state index contributed by atoms with van der Waals surface area (Å²) in [6.45, 7) is 0.377. The number of carbonyl (C=O) groups excluding carboxylic acids is 3. The Hall–Kier alpha value is -3.19. The van der Waals surface area contributed by atoms with E-state index in [1.165, 1.54) is 0 Å². The van der Waals surface area contributed by atoms with Crippen LogP contribution in [0.3, 0.4) is 0 Å². The third-order valence-corrected chi connectivity index (χ3v) is 9.49. The van der Waals surface area contributed by atoms with Crippen LogP contribution in [-0.4, -0.2) is 60.0 Å². The third kappa shape index (κ3) is 9.91. The van der Waals surface area contributed by atoms with Crippen molar-refractivity contribution >= 4 is 39.6 Å². The molecule has 1 aliphatic carbocycles. The zero-order chi connectivity index (χ0) is 31.7. The van der Waals surface area contributed by atoms with Gasteiger partial charge in [0.2, 0.25) is 17.3 Å². The molecule has 1 saturated heterocycles. The summed E-state index contributed by atoms with van der Waals surface area (Å²) in [5.74, 6) is -1.62. The van der Waals surface area contributed by atoms with E-state index in [1.54, 1.807) is 18.2 Å². The molecule has 5 unspecified atom stereocenters. The topological polar surface area (TPSA) is 171 Å². The van der Waals surface area contributed by atoms with Crippen LogP contribution in [0.4, 0.5) is 4.79 Å². The molecular formula is C31H40ClN3O8S. The molecule has 240 valence electrons. The van der Waals surface area contributed by atoms with Gasteiger partial charge in [0.05, 0.1) is 6.04 Å². The monoisotopic (exact) mass is 649 g/mol. The fourth-order valence-corrected chi connectivity index (χ4v) is 6.79. The van der Waals surface area contributed by atoms with Crippen LogP contribution in [0.5, 0.6) is 0 Å². The Labute approximate surface area is 262 Å². The number of amides is 3. The van der Waals surface area contributed by atoms with E-state index in [-0.39, 0.29) is 24.7 Å². The lowest BCUT2D eigenvalue weighted by Gasteiger charge is -2.30. The van der Waals surface area contributed by atoms with Crippen molar-refractivity contribution < 1.29 is 37.2 Å². The maximum absolute atomic E-state index is 13.6. The Morgan fingerprint density at radius 3 is 2.36 bits per heavy atom. The number of hydrogen-bond acceptors (Lipinski definition) is 7. The van der Waals surface area contributed by atoms with E-state index in [4.69, 9.17) is 16.3 Å². The number of benzene rings is 2. The van der Waals surface area contributed by atoms with Gasteiger partial charge in [-0.2, -0.15) is 8.42 Å². The zero-order valence-corrected chi connectivity index (χ0v) is 25.9. The third-order valence-electron chi connectivity index (χ3n) is 8.31. The van der Waals surface area contributed by atoms with Crippen LogP contribution in [-0.2, 0) is 30.9 Å². The number of nitrogens with one attached hydrogen (secondary N) is 3. The van der Waals surface area contributed by atoms with E-state index < -0.39 is 51.7 Å². The predicted octanol–water partition coefficient (Wildman–Crippen LogP) is 3.91. The number of alkyl carbamates (subject to hydrolysis) is 1. The molecule has 2 aromatic rings. The van der Waals surface area contributed by atoms with Crippen molar-refractivity contribution in [3.05, 3.63) is 70.7 Å².